The molecule has 2 aromatic rings. The van der Waals surface area contributed by atoms with Crippen molar-refractivity contribution in [2.24, 2.45) is 0 Å². The molecule has 1 fully saturated rings. The number of piperazine rings is 1. The number of aromatic nitrogens is 1. The van der Waals surface area contributed by atoms with Crippen LogP contribution in [0.1, 0.15) is 11.1 Å². The van der Waals surface area contributed by atoms with Crippen LogP contribution in [-0.4, -0.2) is 43.2 Å². The molecule has 1 aromatic heterocycles. The van der Waals surface area contributed by atoms with Crippen molar-refractivity contribution in [2.75, 3.05) is 38.2 Å². The number of ether oxygens (including phenoxy) is 1. The number of methoxy groups -OCH3 is 1. The topological polar surface area (TPSA) is 28.6 Å². The van der Waals surface area contributed by atoms with Crippen LogP contribution in [0.5, 0.6) is 5.75 Å². The van der Waals surface area contributed by atoms with Gasteiger partial charge in [0, 0.05) is 56.9 Å². The minimum Gasteiger partial charge on any atom is -0.497 e. The summed E-state index contributed by atoms with van der Waals surface area (Å²) < 4.78 is 5.31. The van der Waals surface area contributed by atoms with Gasteiger partial charge in [0.2, 0.25) is 0 Å². The van der Waals surface area contributed by atoms with Gasteiger partial charge in [0.15, 0.2) is 0 Å². The van der Waals surface area contributed by atoms with Gasteiger partial charge in [-0.15, -0.1) is 0 Å². The Balaban J connectivity index is 1.59. The van der Waals surface area contributed by atoms with Crippen LogP contribution < -0.4 is 9.64 Å². The molecule has 0 bridgehead atoms. The molecule has 0 saturated carbocycles. The smallest absolute Gasteiger partial charge is 0.120 e. The molecule has 1 aromatic carbocycles. The minimum atomic E-state index is 0.922. The molecule has 0 amide bonds. The number of benzene rings is 1. The lowest BCUT2D eigenvalue weighted by Gasteiger charge is -2.36. The second-order valence-electron chi connectivity index (χ2n) is 5.77. The van der Waals surface area contributed by atoms with Gasteiger partial charge >= 0.3 is 0 Å². The first kappa shape index (κ1) is 14.9. The van der Waals surface area contributed by atoms with Crippen LogP contribution >= 0.6 is 0 Å². The third-order valence-corrected chi connectivity index (χ3v) is 4.33. The average Bonchev–Trinajstić information content (AvgIpc) is 2.58. The fourth-order valence-electron chi connectivity index (χ4n) is 2.87. The Morgan fingerprint density at radius 2 is 1.95 bits per heavy atom. The fraction of sp³-hybridized carbons (Fsp3) is 0.389. The summed E-state index contributed by atoms with van der Waals surface area (Å²) in [5.74, 6) is 0.922. The Morgan fingerprint density at radius 1 is 1.14 bits per heavy atom. The van der Waals surface area contributed by atoms with Gasteiger partial charge in [-0.1, -0.05) is 6.07 Å². The van der Waals surface area contributed by atoms with E-state index in [-0.39, 0.29) is 0 Å². The molecule has 4 heteroatoms. The first-order valence-electron chi connectivity index (χ1n) is 7.77. The number of hydrogen-bond donors (Lipinski definition) is 0. The van der Waals surface area contributed by atoms with Crippen molar-refractivity contribution in [2.45, 2.75) is 13.5 Å². The molecule has 0 N–H and O–H groups in total. The van der Waals surface area contributed by atoms with Gasteiger partial charge in [-0.3, -0.25) is 9.88 Å². The maximum absolute atomic E-state index is 5.31. The summed E-state index contributed by atoms with van der Waals surface area (Å²) in [4.78, 5) is 9.17. The minimum absolute atomic E-state index is 0.922. The van der Waals surface area contributed by atoms with E-state index in [9.17, 15) is 0 Å². The van der Waals surface area contributed by atoms with Gasteiger partial charge in [0.25, 0.3) is 0 Å². The van der Waals surface area contributed by atoms with Gasteiger partial charge in [0.1, 0.15) is 5.75 Å². The highest BCUT2D eigenvalue weighted by atomic mass is 16.5. The van der Waals surface area contributed by atoms with Crippen LogP contribution in [0.3, 0.4) is 0 Å². The summed E-state index contributed by atoms with van der Waals surface area (Å²) >= 11 is 0. The van der Waals surface area contributed by atoms with Crippen LogP contribution in [-0.2, 0) is 6.54 Å². The van der Waals surface area contributed by atoms with E-state index in [2.05, 4.69) is 46.0 Å². The van der Waals surface area contributed by atoms with Crippen molar-refractivity contribution in [3.05, 3.63) is 53.9 Å². The number of pyridine rings is 1. The lowest BCUT2D eigenvalue weighted by atomic mass is 10.1. The number of hydrogen-bond acceptors (Lipinski definition) is 4. The molecule has 22 heavy (non-hydrogen) atoms. The van der Waals surface area contributed by atoms with Crippen molar-refractivity contribution < 1.29 is 4.74 Å². The third kappa shape index (κ3) is 3.39. The van der Waals surface area contributed by atoms with Crippen molar-refractivity contribution in [3.63, 3.8) is 0 Å². The van der Waals surface area contributed by atoms with Crippen LogP contribution in [0.15, 0.2) is 42.7 Å². The van der Waals surface area contributed by atoms with E-state index in [0.29, 0.717) is 0 Å². The predicted molar refractivity (Wildman–Crippen MR) is 89.5 cm³/mol. The highest BCUT2D eigenvalue weighted by Gasteiger charge is 2.18. The van der Waals surface area contributed by atoms with Gasteiger partial charge in [0.05, 0.1) is 7.11 Å². The Kier molecular flexibility index (Phi) is 4.59. The summed E-state index contributed by atoms with van der Waals surface area (Å²) in [5.41, 5.74) is 3.90. The summed E-state index contributed by atoms with van der Waals surface area (Å²) in [5, 5.41) is 0. The number of rotatable bonds is 4. The zero-order valence-corrected chi connectivity index (χ0v) is 13.3. The van der Waals surface area contributed by atoms with Gasteiger partial charge in [-0.2, -0.15) is 0 Å². The van der Waals surface area contributed by atoms with E-state index in [0.717, 1.165) is 38.5 Å². The first-order chi connectivity index (χ1) is 10.8. The molecule has 4 nitrogen and oxygen atoms in total. The fourth-order valence-corrected chi connectivity index (χ4v) is 2.87. The maximum Gasteiger partial charge on any atom is 0.120 e. The van der Waals surface area contributed by atoms with Crippen molar-refractivity contribution >= 4 is 5.69 Å². The zero-order chi connectivity index (χ0) is 15.4. The third-order valence-electron chi connectivity index (χ3n) is 4.33. The van der Waals surface area contributed by atoms with Crippen LogP contribution in [0.4, 0.5) is 5.69 Å². The van der Waals surface area contributed by atoms with Gasteiger partial charge in [-0.05, 0) is 36.2 Å². The molecule has 1 aliphatic heterocycles. The van der Waals surface area contributed by atoms with Crippen LogP contribution in [0.25, 0.3) is 0 Å². The predicted octanol–water partition coefficient (Wildman–Crippen LogP) is 2.72. The number of nitrogens with zero attached hydrogens (tertiary/aromatic N) is 3. The molecule has 1 aliphatic rings. The van der Waals surface area contributed by atoms with Crippen molar-refractivity contribution in [1.29, 1.82) is 0 Å². The van der Waals surface area contributed by atoms with Crippen molar-refractivity contribution in [1.82, 2.24) is 9.88 Å². The Hall–Kier alpha value is -2.07. The Morgan fingerprint density at radius 3 is 2.68 bits per heavy atom. The monoisotopic (exact) mass is 297 g/mol. The lowest BCUT2D eigenvalue weighted by molar-refractivity contribution is 0.249. The van der Waals surface area contributed by atoms with Crippen LogP contribution in [0.2, 0.25) is 0 Å². The molecule has 3 rings (SSSR count). The second kappa shape index (κ2) is 6.79. The molecule has 1 saturated heterocycles. The SMILES string of the molecule is COc1cccc(N2CCN(Cc3cnccc3C)CC2)c1. The number of aryl methyl sites for hydroxylation is 1. The van der Waals surface area contributed by atoms with Gasteiger partial charge in [-0.25, -0.2) is 0 Å². The summed E-state index contributed by atoms with van der Waals surface area (Å²) in [6.07, 6.45) is 3.85. The normalized spacial score (nSPS) is 15.8. The standard InChI is InChI=1S/C18H23N3O/c1-15-6-7-19-13-16(15)14-20-8-10-21(11-9-20)17-4-3-5-18(12-17)22-2/h3-7,12-13H,8-11,14H2,1-2H3. The lowest BCUT2D eigenvalue weighted by Crippen LogP contribution is -2.46. The quantitative estimate of drug-likeness (QED) is 0.867. The largest absolute Gasteiger partial charge is 0.497 e. The molecule has 0 aliphatic carbocycles. The van der Waals surface area contributed by atoms with Crippen molar-refractivity contribution in [3.8, 4) is 5.75 Å². The summed E-state index contributed by atoms with van der Waals surface area (Å²) in [6, 6.07) is 10.4. The van der Waals surface area contributed by atoms with Crippen LogP contribution in [0, 0.1) is 6.92 Å². The first-order valence-corrected chi connectivity index (χ1v) is 7.77. The van der Waals surface area contributed by atoms with E-state index in [1.165, 1.54) is 16.8 Å². The average molecular weight is 297 g/mol. The second-order valence-corrected chi connectivity index (χ2v) is 5.77. The molecule has 0 atom stereocenters. The zero-order valence-electron chi connectivity index (χ0n) is 13.3. The molecule has 2 heterocycles. The summed E-state index contributed by atoms with van der Waals surface area (Å²) in [7, 11) is 1.72. The highest BCUT2D eigenvalue weighted by molar-refractivity contribution is 5.51. The molecule has 0 spiro atoms. The summed E-state index contributed by atoms with van der Waals surface area (Å²) in [6.45, 7) is 7.39. The van der Waals surface area contributed by atoms with Gasteiger partial charge < -0.3 is 9.64 Å². The van der Waals surface area contributed by atoms with E-state index >= 15 is 0 Å². The molecule has 0 radical (unpaired) electrons. The Bertz CT molecular complexity index is 621. The molecule has 116 valence electrons. The van der Waals surface area contributed by atoms with E-state index in [1.54, 1.807) is 7.11 Å². The maximum atomic E-state index is 5.31. The molecular formula is C18H23N3O. The molecular weight excluding hydrogens is 274 g/mol. The number of anilines is 1. The van der Waals surface area contributed by atoms with E-state index < -0.39 is 0 Å². The Labute approximate surface area is 132 Å². The molecule has 0 unspecified atom stereocenters. The highest BCUT2D eigenvalue weighted by Crippen LogP contribution is 2.22. The van der Waals surface area contributed by atoms with E-state index in [4.69, 9.17) is 4.74 Å². The van der Waals surface area contributed by atoms with E-state index in [1.807, 2.05) is 18.5 Å².